The van der Waals surface area contributed by atoms with Gasteiger partial charge in [0.25, 0.3) is 0 Å². The van der Waals surface area contributed by atoms with Gasteiger partial charge in [0.2, 0.25) is 0 Å². The van der Waals surface area contributed by atoms with E-state index in [9.17, 15) is 5.11 Å². The minimum atomic E-state index is -0.785. The predicted octanol–water partition coefficient (Wildman–Crippen LogP) is 3.18. The molecule has 0 amide bonds. The second kappa shape index (κ2) is 11.3. The first-order valence-corrected chi connectivity index (χ1v) is 8.26. The average molecular weight is 340 g/mol. The first-order valence-electron chi connectivity index (χ1n) is 8.26. The van der Waals surface area contributed by atoms with Gasteiger partial charge >= 0.3 is 0 Å². The average Bonchev–Trinajstić information content (AvgIpc) is 2.66. The van der Waals surface area contributed by atoms with E-state index in [2.05, 4.69) is 11.8 Å². The van der Waals surface area contributed by atoms with Crippen molar-refractivity contribution in [2.45, 2.75) is 25.7 Å². The minimum absolute atomic E-state index is 0.184. The van der Waals surface area contributed by atoms with Gasteiger partial charge in [0.15, 0.2) is 0 Å². The molecule has 0 bridgehead atoms. The normalized spacial score (nSPS) is 11.4. The number of methoxy groups -OCH3 is 1. The highest BCUT2D eigenvalue weighted by Gasteiger charge is 2.00. The van der Waals surface area contributed by atoms with Gasteiger partial charge in [0.05, 0.1) is 33.5 Å². The molecular weight excluding hydrogens is 316 g/mol. The van der Waals surface area contributed by atoms with Crippen LogP contribution in [0, 0.1) is 11.8 Å². The van der Waals surface area contributed by atoms with Crippen LogP contribution in [0.2, 0.25) is 0 Å². The van der Waals surface area contributed by atoms with Crippen LogP contribution < -0.4 is 4.74 Å². The molecule has 0 spiro atoms. The highest BCUT2D eigenvalue weighted by Crippen LogP contribution is 2.11. The van der Waals surface area contributed by atoms with Gasteiger partial charge in [0, 0.05) is 6.42 Å². The maximum absolute atomic E-state index is 9.78. The summed E-state index contributed by atoms with van der Waals surface area (Å²) < 4.78 is 16.1. The third kappa shape index (κ3) is 7.86. The highest BCUT2D eigenvalue weighted by molar-refractivity contribution is 5.26. The summed E-state index contributed by atoms with van der Waals surface area (Å²) in [4.78, 5) is 0. The first-order chi connectivity index (χ1) is 12.3. The molecule has 0 unspecified atom stereocenters. The van der Waals surface area contributed by atoms with Crippen molar-refractivity contribution in [2.75, 3.05) is 20.3 Å². The van der Waals surface area contributed by atoms with Crippen molar-refractivity contribution in [2.24, 2.45) is 0 Å². The first kappa shape index (κ1) is 19.0. The van der Waals surface area contributed by atoms with Crippen LogP contribution in [-0.2, 0) is 22.7 Å². The van der Waals surface area contributed by atoms with Gasteiger partial charge in [-0.15, -0.1) is 0 Å². The Labute approximate surface area is 149 Å². The lowest BCUT2D eigenvalue weighted by molar-refractivity contribution is 0.0542. The van der Waals surface area contributed by atoms with E-state index in [1.165, 1.54) is 0 Å². The Morgan fingerprint density at radius 3 is 2.32 bits per heavy atom. The van der Waals surface area contributed by atoms with Gasteiger partial charge in [0.1, 0.15) is 11.9 Å². The van der Waals surface area contributed by atoms with Crippen molar-refractivity contribution < 1.29 is 19.3 Å². The van der Waals surface area contributed by atoms with E-state index in [0.717, 1.165) is 16.9 Å². The molecule has 2 aromatic rings. The van der Waals surface area contributed by atoms with Crippen LogP contribution in [-0.4, -0.2) is 31.5 Å². The third-order valence-electron chi connectivity index (χ3n) is 3.46. The Bertz CT molecular complexity index is 656. The minimum Gasteiger partial charge on any atom is -0.497 e. The fourth-order valence-corrected chi connectivity index (χ4v) is 2.13. The molecule has 0 aliphatic carbocycles. The molecule has 4 nitrogen and oxygen atoms in total. The summed E-state index contributed by atoms with van der Waals surface area (Å²) in [6.45, 7) is 1.74. The Morgan fingerprint density at radius 1 is 0.920 bits per heavy atom. The molecule has 1 atom stereocenters. The summed E-state index contributed by atoms with van der Waals surface area (Å²) in [6, 6.07) is 17.6. The molecule has 0 radical (unpaired) electrons. The van der Waals surface area contributed by atoms with Crippen LogP contribution in [0.15, 0.2) is 54.6 Å². The van der Waals surface area contributed by atoms with Crippen LogP contribution in [0.1, 0.15) is 17.5 Å². The van der Waals surface area contributed by atoms with Gasteiger partial charge in [-0.25, -0.2) is 0 Å². The number of ether oxygens (including phenoxy) is 3. The second-order valence-corrected chi connectivity index (χ2v) is 5.49. The number of hydrogen-bond donors (Lipinski definition) is 1. The number of rotatable bonds is 9. The van der Waals surface area contributed by atoms with E-state index in [0.29, 0.717) is 26.2 Å². The lowest BCUT2D eigenvalue weighted by Crippen LogP contribution is -2.12. The van der Waals surface area contributed by atoms with Crippen molar-refractivity contribution in [3.63, 3.8) is 0 Å². The fraction of sp³-hybridized carbons (Fsp3) is 0.333. The molecule has 0 heterocycles. The number of benzene rings is 2. The molecule has 0 aliphatic heterocycles. The molecule has 0 aliphatic rings. The summed E-state index contributed by atoms with van der Waals surface area (Å²) >= 11 is 0. The highest BCUT2D eigenvalue weighted by atomic mass is 16.5. The number of hydrogen-bond acceptors (Lipinski definition) is 4. The molecular formula is C21H24O4. The summed E-state index contributed by atoms with van der Waals surface area (Å²) in [5, 5.41) is 9.78. The monoisotopic (exact) mass is 340 g/mol. The largest absolute Gasteiger partial charge is 0.497 e. The smallest absolute Gasteiger partial charge is 0.137 e. The van der Waals surface area contributed by atoms with Crippen molar-refractivity contribution in [1.29, 1.82) is 0 Å². The van der Waals surface area contributed by atoms with E-state index in [4.69, 9.17) is 14.2 Å². The molecule has 25 heavy (non-hydrogen) atoms. The van der Waals surface area contributed by atoms with Crippen LogP contribution in [0.25, 0.3) is 0 Å². The molecule has 4 heteroatoms. The quantitative estimate of drug-likeness (QED) is 0.563. The molecule has 2 rings (SSSR count). The Hall–Kier alpha value is -2.32. The molecule has 0 saturated carbocycles. The summed E-state index contributed by atoms with van der Waals surface area (Å²) in [5.74, 6) is 6.49. The fourth-order valence-electron chi connectivity index (χ4n) is 2.13. The van der Waals surface area contributed by atoms with Gasteiger partial charge < -0.3 is 19.3 Å². The summed E-state index contributed by atoms with van der Waals surface area (Å²) in [7, 11) is 1.63. The van der Waals surface area contributed by atoms with E-state index >= 15 is 0 Å². The molecule has 0 saturated heterocycles. The molecule has 132 valence electrons. The van der Waals surface area contributed by atoms with Crippen molar-refractivity contribution in [3.05, 3.63) is 65.7 Å². The maximum atomic E-state index is 9.78. The molecule has 2 aromatic carbocycles. The maximum Gasteiger partial charge on any atom is 0.137 e. The van der Waals surface area contributed by atoms with E-state index in [1.54, 1.807) is 7.11 Å². The topological polar surface area (TPSA) is 47.9 Å². The Kier molecular flexibility index (Phi) is 8.57. The van der Waals surface area contributed by atoms with Gasteiger partial charge in [-0.3, -0.25) is 0 Å². The van der Waals surface area contributed by atoms with Crippen LogP contribution in [0.5, 0.6) is 5.75 Å². The zero-order valence-electron chi connectivity index (χ0n) is 14.5. The summed E-state index contributed by atoms with van der Waals surface area (Å²) in [5.41, 5.74) is 2.16. The standard InChI is InChI=1S/C21H24O4/c1-23-21-12-10-19(11-13-21)16-25-17-20(22)9-5-6-14-24-15-18-7-3-2-4-8-18/h2-4,7-8,10-13,20,22H,6,14-17H2,1H3/t20-/m1/s1. The SMILES string of the molecule is COc1ccc(COC[C@H](O)C#CCCOCc2ccccc2)cc1. The van der Waals surface area contributed by atoms with E-state index < -0.39 is 6.10 Å². The molecule has 0 aromatic heterocycles. The van der Waals surface area contributed by atoms with Crippen molar-refractivity contribution in [1.82, 2.24) is 0 Å². The second-order valence-electron chi connectivity index (χ2n) is 5.49. The lowest BCUT2D eigenvalue weighted by atomic mass is 10.2. The zero-order chi connectivity index (χ0) is 17.7. The lowest BCUT2D eigenvalue weighted by Gasteiger charge is -2.07. The van der Waals surface area contributed by atoms with E-state index in [-0.39, 0.29) is 6.61 Å². The van der Waals surface area contributed by atoms with Crippen molar-refractivity contribution in [3.8, 4) is 17.6 Å². The van der Waals surface area contributed by atoms with Crippen LogP contribution >= 0.6 is 0 Å². The van der Waals surface area contributed by atoms with Crippen LogP contribution in [0.3, 0.4) is 0 Å². The van der Waals surface area contributed by atoms with Crippen LogP contribution in [0.4, 0.5) is 0 Å². The summed E-state index contributed by atoms with van der Waals surface area (Å²) in [6.07, 6.45) is -0.199. The number of aliphatic hydroxyl groups excluding tert-OH is 1. The third-order valence-corrected chi connectivity index (χ3v) is 3.46. The van der Waals surface area contributed by atoms with Crippen molar-refractivity contribution >= 4 is 0 Å². The van der Waals surface area contributed by atoms with E-state index in [1.807, 2.05) is 54.6 Å². The number of aliphatic hydroxyl groups is 1. The molecule has 0 fully saturated rings. The Morgan fingerprint density at radius 2 is 1.60 bits per heavy atom. The van der Waals surface area contributed by atoms with Gasteiger partial charge in [-0.2, -0.15) is 0 Å². The van der Waals surface area contributed by atoms with Gasteiger partial charge in [-0.1, -0.05) is 54.3 Å². The Balaban J connectivity index is 1.55. The molecule has 1 N–H and O–H groups in total. The zero-order valence-corrected chi connectivity index (χ0v) is 14.5. The van der Waals surface area contributed by atoms with Gasteiger partial charge in [-0.05, 0) is 23.3 Å². The predicted molar refractivity (Wildman–Crippen MR) is 97.1 cm³/mol.